The van der Waals surface area contributed by atoms with Gasteiger partial charge in [-0.3, -0.25) is 9.69 Å². The lowest BCUT2D eigenvalue weighted by Gasteiger charge is -2.38. The Morgan fingerprint density at radius 3 is 2.61 bits per heavy atom. The summed E-state index contributed by atoms with van der Waals surface area (Å²) in [5, 5.41) is 10.3. The lowest BCUT2D eigenvalue weighted by atomic mass is 10.0. The average Bonchev–Trinajstić information content (AvgIpc) is 2.99. The molecule has 0 aliphatic carbocycles. The van der Waals surface area contributed by atoms with Gasteiger partial charge in [-0.15, -0.1) is 0 Å². The number of nitrogens with zero attached hydrogens (tertiary/aromatic N) is 6. The number of piperazine rings is 1. The number of benzene rings is 1. The molecule has 4 heterocycles. The van der Waals surface area contributed by atoms with Crippen LogP contribution in [0.5, 0.6) is 17.5 Å². The van der Waals surface area contributed by atoms with Gasteiger partial charge in [0.05, 0.1) is 43.9 Å². The second kappa shape index (κ2) is 13.4. The zero-order valence-electron chi connectivity index (χ0n) is 24.3. The number of rotatable bonds is 10. The predicted octanol–water partition coefficient (Wildman–Crippen LogP) is 2.47. The molecule has 222 valence electrons. The number of hydrogen-bond acceptors (Lipinski definition) is 10. The number of carbonyl (C=O) groups excluding carboxylic acids is 1. The van der Waals surface area contributed by atoms with Crippen molar-refractivity contribution < 1.29 is 24.1 Å². The maximum absolute atomic E-state index is 12.1. The summed E-state index contributed by atoms with van der Waals surface area (Å²) in [5.41, 5.74) is 2.86. The van der Waals surface area contributed by atoms with Gasteiger partial charge in [-0.25, -0.2) is 0 Å². The van der Waals surface area contributed by atoms with E-state index in [4.69, 9.17) is 24.2 Å². The number of amides is 1. The SMILES string of the molecule is C=CC(=O)N1CCN(c2nc(OCCCN3CCOCC3)nc3c2CCN(c2cc(O)ccc2OC(C)C)C3)CC1. The van der Waals surface area contributed by atoms with E-state index in [0.717, 1.165) is 80.7 Å². The summed E-state index contributed by atoms with van der Waals surface area (Å²) >= 11 is 0. The number of phenolic OH excluding ortho intramolecular Hbond substituents is 1. The topological polar surface area (TPSA) is 104 Å². The smallest absolute Gasteiger partial charge is 0.318 e. The van der Waals surface area contributed by atoms with E-state index >= 15 is 0 Å². The average molecular weight is 567 g/mol. The van der Waals surface area contributed by atoms with Crippen LogP contribution in [0.3, 0.4) is 0 Å². The van der Waals surface area contributed by atoms with Crippen molar-refractivity contribution in [3.63, 3.8) is 0 Å². The van der Waals surface area contributed by atoms with Crippen molar-refractivity contribution >= 4 is 17.4 Å². The van der Waals surface area contributed by atoms with Gasteiger partial charge in [0, 0.05) is 64.0 Å². The summed E-state index contributed by atoms with van der Waals surface area (Å²) in [6, 6.07) is 5.60. The summed E-state index contributed by atoms with van der Waals surface area (Å²) in [4.78, 5) is 30.6. The van der Waals surface area contributed by atoms with Crippen LogP contribution in [0.25, 0.3) is 0 Å². The quantitative estimate of drug-likeness (QED) is 0.341. The molecule has 3 aliphatic rings. The molecular formula is C30H42N6O5. The number of aromatic nitrogens is 2. The minimum atomic E-state index is -0.0418. The van der Waals surface area contributed by atoms with E-state index in [2.05, 4.69) is 21.3 Å². The molecule has 2 aromatic rings. The monoisotopic (exact) mass is 566 g/mol. The van der Waals surface area contributed by atoms with E-state index < -0.39 is 0 Å². The number of aromatic hydroxyl groups is 1. The van der Waals surface area contributed by atoms with Crippen LogP contribution in [0.1, 0.15) is 31.5 Å². The summed E-state index contributed by atoms with van der Waals surface area (Å²) in [5.74, 6) is 1.78. The minimum absolute atomic E-state index is 0.00778. The zero-order valence-corrected chi connectivity index (χ0v) is 24.3. The second-order valence-electron chi connectivity index (χ2n) is 10.9. The van der Waals surface area contributed by atoms with Crippen molar-refractivity contribution in [3.8, 4) is 17.5 Å². The van der Waals surface area contributed by atoms with Crippen molar-refractivity contribution in [2.45, 2.75) is 39.3 Å². The lowest BCUT2D eigenvalue weighted by molar-refractivity contribution is -0.126. The van der Waals surface area contributed by atoms with Gasteiger partial charge in [0.2, 0.25) is 5.91 Å². The number of hydrogen-bond donors (Lipinski definition) is 1. The van der Waals surface area contributed by atoms with Gasteiger partial charge in [-0.1, -0.05) is 6.58 Å². The third-order valence-corrected chi connectivity index (χ3v) is 7.69. The molecule has 0 bridgehead atoms. The highest BCUT2D eigenvalue weighted by atomic mass is 16.5. The minimum Gasteiger partial charge on any atom is -0.508 e. The molecule has 1 aromatic heterocycles. The molecule has 41 heavy (non-hydrogen) atoms. The van der Waals surface area contributed by atoms with Crippen LogP contribution >= 0.6 is 0 Å². The highest BCUT2D eigenvalue weighted by Crippen LogP contribution is 2.37. The van der Waals surface area contributed by atoms with E-state index in [1.54, 1.807) is 12.1 Å². The standard InChI is InChI=1S/C30H42N6O5/c1-4-28(38)34-11-13-35(14-12-34)29-24-8-10-36(26-20-23(37)6-7-27(26)41-22(2)3)21-25(24)31-30(32-29)40-17-5-9-33-15-18-39-19-16-33/h4,6-7,20,22,37H,1,5,8-19,21H2,2-3H3. The molecule has 5 rings (SSSR count). The first-order valence-electron chi connectivity index (χ1n) is 14.6. The first-order valence-corrected chi connectivity index (χ1v) is 14.6. The number of ether oxygens (including phenoxy) is 3. The van der Waals surface area contributed by atoms with Crippen LogP contribution in [0.15, 0.2) is 30.9 Å². The molecule has 0 unspecified atom stereocenters. The molecule has 1 N–H and O–H groups in total. The molecule has 3 aliphatic heterocycles. The van der Waals surface area contributed by atoms with Crippen molar-refractivity contribution in [1.29, 1.82) is 0 Å². The molecule has 2 fully saturated rings. The van der Waals surface area contributed by atoms with E-state index in [1.807, 2.05) is 24.8 Å². The number of phenols is 1. The van der Waals surface area contributed by atoms with Crippen LogP contribution in [0.4, 0.5) is 11.5 Å². The summed E-state index contributed by atoms with van der Waals surface area (Å²) in [6.07, 6.45) is 3.00. The second-order valence-corrected chi connectivity index (χ2v) is 10.9. The number of anilines is 2. The van der Waals surface area contributed by atoms with Gasteiger partial charge >= 0.3 is 6.01 Å². The fourth-order valence-corrected chi connectivity index (χ4v) is 5.57. The first-order chi connectivity index (χ1) is 19.9. The van der Waals surface area contributed by atoms with E-state index in [1.165, 1.54) is 6.08 Å². The van der Waals surface area contributed by atoms with E-state index in [9.17, 15) is 9.90 Å². The van der Waals surface area contributed by atoms with Crippen LogP contribution in [0, 0.1) is 0 Å². The Morgan fingerprint density at radius 1 is 1.10 bits per heavy atom. The van der Waals surface area contributed by atoms with Gasteiger partial charge < -0.3 is 34.0 Å². The molecule has 2 saturated heterocycles. The van der Waals surface area contributed by atoms with Gasteiger partial charge in [-0.05, 0) is 44.9 Å². The van der Waals surface area contributed by atoms with E-state index in [0.29, 0.717) is 45.3 Å². The van der Waals surface area contributed by atoms with Crippen molar-refractivity contribution in [1.82, 2.24) is 19.8 Å². The maximum Gasteiger partial charge on any atom is 0.318 e. The van der Waals surface area contributed by atoms with Crippen molar-refractivity contribution in [3.05, 3.63) is 42.1 Å². The number of carbonyl (C=O) groups is 1. The first kappa shape index (κ1) is 28.9. The molecule has 0 saturated carbocycles. The normalized spacial score (nSPS) is 17.9. The van der Waals surface area contributed by atoms with Gasteiger partial charge in [0.15, 0.2) is 0 Å². The fraction of sp³-hybridized carbons (Fsp3) is 0.567. The molecule has 0 radical (unpaired) electrons. The Bertz CT molecular complexity index is 1210. The third kappa shape index (κ3) is 7.20. The highest BCUT2D eigenvalue weighted by Gasteiger charge is 2.29. The van der Waals surface area contributed by atoms with Crippen LogP contribution in [-0.4, -0.2) is 109 Å². The molecule has 0 atom stereocenters. The Kier molecular flexibility index (Phi) is 9.45. The van der Waals surface area contributed by atoms with Gasteiger partial charge in [0.1, 0.15) is 17.3 Å². The zero-order chi connectivity index (χ0) is 28.8. The summed E-state index contributed by atoms with van der Waals surface area (Å²) in [6.45, 7) is 16.4. The Labute approximate surface area is 242 Å². The molecule has 0 spiro atoms. The molecule has 11 nitrogen and oxygen atoms in total. The molecule has 1 amide bonds. The largest absolute Gasteiger partial charge is 0.508 e. The fourth-order valence-electron chi connectivity index (χ4n) is 5.57. The van der Waals surface area contributed by atoms with Crippen LogP contribution in [-0.2, 0) is 22.5 Å². The van der Waals surface area contributed by atoms with Crippen LogP contribution < -0.4 is 19.3 Å². The Balaban J connectivity index is 1.36. The van der Waals surface area contributed by atoms with Crippen molar-refractivity contribution in [2.75, 3.05) is 82.0 Å². The predicted molar refractivity (Wildman–Crippen MR) is 157 cm³/mol. The summed E-state index contributed by atoms with van der Waals surface area (Å²) in [7, 11) is 0. The number of morpholine rings is 1. The van der Waals surface area contributed by atoms with E-state index in [-0.39, 0.29) is 17.8 Å². The number of fused-ring (bicyclic) bond motifs is 1. The van der Waals surface area contributed by atoms with Gasteiger partial charge in [-0.2, -0.15) is 9.97 Å². The molecule has 1 aromatic carbocycles. The highest BCUT2D eigenvalue weighted by molar-refractivity contribution is 5.87. The van der Waals surface area contributed by atoms with Crippen LogP contribution in [0.2, 0.25) is 0 Å². The Morgan fingerprint density at radius 2 is 1.88 bits per heavy atom. The van der Waals surface area contributed by atoms with Gasteiger partial charge in [0.25, 0.3) is 0 Å². The maximum atomic E-state index is 12.1. The molecular weight excluding hydrogens is 524 g/mol. The molecule has 11 heteroatoms. The summed E-state index contributed by atoms with van der Waals surface area (Å²) < 4.78 is 17.7. The lowest BCUT2D eigenvalue weighted by Crippen LogP contribution is -2.49. The Hall–Kier alpha value is -3.57. The van der Waals surface area contributed by atoms with Crippen molar-refractivity contribution in [2.24, 2.45) is 0 Å². The third-order valence-electron chi connectivity index (χ3n) is 7.69.